The van der Waals surface area contributed by atoms with Crippen LogP contribution in [-0.4, -0.2) is 22.7 Å². The third-order valence-corrected chi connectivity index (χ3v) is 11.4. The fourth-order valence-corrected chi connectivity index (χ4v) is 8.53. The van der Waals surface area contributed by atoms with E-state index >= 15 is 0 Å². The van der Waals surface area contributed by atoms with Crippen LogP contribution in [0.15, 0.2) is 181 Å². The van der Waals surface area contributed by atoms with Crippen molar-refractivity contribution in [2.75, 3.05) is 4.90 Å². The number of aromatic nitrogens is 1. The van der Waals surface area contributed by atoms with E-state index in [1.165, 1.54) is 50.2 Å². The zero-order valence-electron chi connectivity index (χ0n) is 32.0. The molecular weight excluding hydrogens is 681 g/mol. The van der Waals surface area contributed by atoms with Crippen LogP contribution in [0.1, 0.15) is 59.8 Å². The van der Waals surface area contributed by atoms with Crippen molar-refractivity contribution in [2.45, 2.75) is 38.6 Å². The lowest BCUT2D eigenvalue weighted by Gasteiger charge is -2.33. The third-order valence-electron chi connectivity index (χ3n) is 11.4. The number of hydrogen-bond acceptors (Lipinski definition) is 3. The molecule has 56 heavy (non-hydrogen) atoms. The molecule has 1 aromatic heterocycles. The van der Waals surface area contributed by atoms with Crippen molar-refractivity contribution in [1.82, 2.24) is 4.57 Å². The number of anilines is 2. The lowest BCUT2D eigenvalue weighted by Crippen LogP contribution is -2.28. The minimum absolute atomic E-state index is 0.0956. The van der Waals surface area contributed by atoms with Gasteiger partial charge in [0.1, 0.15) is 6.34 Å². The van der Waals surface area contributed by atoms with Crippen LogP contribution in [0.25, 0.3) is 28.1 Å². The first kappa shape index (κ1) is 35.0. The Labute approximate surface area is 329 Å². The van der Waals surface area contributed by atoms with Crippen LogP contribution in [0.2, 0.25) is 0 Å². The summed E-state index contributed by atoms with van der Waals surface area (Å²) in [6.45, 7) is 6.86. The Hall–Kier alpha value is -6.78. The molecule has 2 atom stereocenters. The highest BCUT2D eigenvalue weighted by atomic mass is 15.2. The van der Waals surface area contributed by atoms with Crippen LogP contribution < -0.4 is 4.90 Å². The molecule has 2 aliphatic rings. The van der Waals surface area contributed by atoms with Crippen LogP contribution in [0.3, 0.4) is 0 Å². The zero-order chi connectivity index (χ0) is 38.2. The van der Waals surface area contributed by atoms with E-state index in [0.29, 0.717) is 5.71 Å². The van der Waals surface area contributed by atoms with Crippen LogP contribution in [0.5, 0.6) is 0 Å². The predicted molar refractivity (Wildman–Crippen MR) is 237 cm³/mol. The summed E-state index contributed by atoms with van der Waals surface area (Å²) in [4.78, 5) is 7.55. The highest BCUT2D eigenvalue weighted by molar-refractivity contribution is 6.14. The molecule has 0 saturated carbocycles. The van der Waals surface area contributed by atoms with E-state index in [4.69, 9.17) is 10.4 Å². The number of nitrogens with zero attached hydrogens (tertiary/aromatic N) is 3. The second-order valence-electron chi connectivity index (χ2n) is 15.2. The molecule has 272 valence electrons. The molecule has 0 saturated heterocycles. The summed E-state index contributed by atoms with van der Waals surface area (Å²) in [6, 6.07) is 55.1. The first-order valence-corrected chi connectivity index (χ1v) is 19.4. The van der Waals surface area contributed by atoms with Crippen LogP contribution in [-0.2, 0) is 11.8 Å². The maximum atomic E-state index is 9.05. The quantitative estimate of drug-likeness (QED) is 0.129. The van der Waals surface area contributed by atoms with E-state index in [0.717, 1.165) is 34.4 Å². The average Bonchev–Trinajstić information content (AvgIpc) is 3.54. The van der Waals surface area contributed by atoms with Crippen molar-refractivity contribution in [2.24, 2.45) is 4.99 Å². The van der Waals surface area contributed by atoms with Gasteiger partial charge in [-0.25, -0.2) is 4.99 Å². The van der Waals surface area contributed by atoms with Gasteiger partial charge in [-0.15, -0.1) is 0 Å². The highest BCUT2D eigenvalue weighted by Gasteiger charge is 2.31. The van der Waals surface area contributed by atoms with Crippen LogP contribution in [0, 0.1) is 5.41 Å². The second-order valence-corrected chi connectivity index (χ2v) is 15.2. The standard InChI is InChI=1S/C52H44N4/c1-36-31-40(32-37(2)56(42-21-11-6-12-22-42)50-26-16-14-23-43(36)50)39-27-28-48-45(33-39)46-34-52(3,41-19-9-5-10-20-41)30-29-49(46)55(48)35-54-47-25-15-13-24-44(47)51(53)38-17-7-4-8-18-38/h4-33,35,37,53H,34H2,1-3H3/b36-31+,40-32+,53-51?,54-35+. The molecule has 0 fully saturated rings. The number of nitrogens with one attached hydrogen (secondary N) is 1. The maximum absolute atomic E-state index is 9.05. The van der Waals surface area contributed by atoms with Crippen molar-refractivity contribution in [3.05, 3.63) is 215 Å². The summed E-state index contributed by atoms with van der Waals surface area (Å²) in [5.74, 6) is 0. The van der Waals surface area contributed by atoms with Gasteiger partial charge in [-0.2, -0.15) is 0 Å². The van der Waals surface area contributed by atoms with Crippen molar-refractivity contribution < 1.29 is 0 Å². The molecular formula is C52H44N4. The molecule has 2 heterocycles. The number of hydrogen-bond donors (Lipinski definition) is 1. The van der Waals surface area contributed by atoms with Crippen molar-refractivity contribution in [3.63, 3.8) is 0 Å². The Morgan fingerprint density at radius 2 is 1.46 bits per heavy atom. The third kappa shape index (κ3) is 6.33. The summed E-state index contributed by atoms with van der Waals surface area (Å²) in [5, 5.41) is 10.3. The molecule has 6 aromatic carbocycles. The molecule has 1 aliphatic heterocycles. The molecule has 0 bridgehead atoms. The van der Waals surface area contributed by atoms with Crippen LogP contribution in [0.4, 0.5) is 17.1 Å². The zero-order valence-corrected chi connectivity index (χ0v) is 32.0. The van der Waals surface area contributed by atoms with Gasteiger partial charge in [0.05, 0.1) is 28.7 Å². The van der Waals surface area contributed by atoms with Gasteiger partial charge in [0.25, 0.3) is 0 Å². The minimum Gasteiger partial charge on any atom is -0.334 e. The molecule has 0 spiro atoms. The SMILES string of the molecule is C/C1=C\C(c2ccc3c(c2)c2c(n3/C=N/c3ccccc3C(=N)c3ccccc3)C=CC(C)(c3ccccc3)C2)=C/C(C)N(c2ccccc2)c2ccccc21. The van der Waals surface area contributed by atoms with Gasteiger partial charge in [0, 0.05) is 38.9 Å². The molecule has 4 heteroatoms. The first-order valence-electron chi connectivity index (χ1n) is 19.4. The minimum atomic E-state index is -0.164. The Morgan fingerprint density at radius 3 is 2.25 bits per heavy atom. The molecule has 1 aliphatic carbocycles. The number of benzene rings is 6. The molecule has 7 aromatic rings. The summed E-state index contributed by atoms with van der Waals surface area (Å²) < 4.78 is 2.24. The van der Waals surface area contributed by atoms with Gasteiger partial charge < -0.3 is 9.47 Å². The number of aliphatic imine (C=N–C) groups is 1. The number of fused-ring (bicyclic) bond motifs is 4. The maximum Gasteiger partial charge on any atom is 0.100 e. The highest BCUT2D eigenvalue weighted by Crippen LogP contribution is 2.42. The van der Waals surface area contributed by atoms with Gasteiger partial charge in [0.15, 0.2) is 0 Å². The number of allylic oxidation sites excluding steroid dienone is 4. The fraction of sp³-hybridized carbons (Fsp3) is 0.115. The van der Waals surface area contributed by atoms with E-state index in [2.05, 4.69) is 158 Å². The molecule has 9 rings (SSSR count). The van der Waals surface area contributed by atoms with Crippen molar-refractivity contribution in [3.8, 4) is 0 Å². The van der Waals surface area contributed by atoms with Gasteiger partial charge in [-0.3, -0.25) is 5.41 Å². The van der Waals surface area contributed by atoms with Gasteiger partial charge >= 0.3 is 0 Å². The molecule has 0 radical (unpaired) electrons. The fourth-order valence-electron chi connectivity index (χ4n) is 8.53. The summed E-state index contributed by atoms with van der Waals surface area (Å²) in [7, 11) is 0. The molecule has 4 nitrogen and oxygen atoms in total. The van der Waals surface area contributed by atoms with E-state index in [1.54, 1.807) is 0 Å². The normalized spacial score (nSPS) is 19.7. The summed E-state index contributed by atoms with van der Waals surface area (Å²) in [5.41, 5.74) is 14.8. The number of rotatable bonds is 7. The van der Waals surface area contributed by atoms with Crippen molar-refractivity contribution in [1.29, 1.82) is 5.41 Å². The Kier molecular flexibility index (Phi) is 9.03. The molecule has 2 unspecified atom stereocenters. The lowest BCUT2D eigenvalue weighted by atomic mass is 9.74. The predicted octanol–water partition coefficient (Wildman–Crippen LogP) is 12.8. The van der Waals surface area contributed by atoms with E-state index in [1.807, 2.05) is 60.9 Å². The average molecular weight is 725 g/mol. The smallest absolute Gasteiger partial charge is 0.100 e. The van der Waals surface area contributed by atoms with E-state index in [9.17, 15) is 0 Å². The Morgan fingerprint density at radius 1 is 0.786 bits per heavy atom. The van der Waals surface area contributed by atoms with Crippen molar-refractivity contribution >= 4 is 57.2 Å². The van der Waals surface area contributed by atoms with Gasteiger partial charge in [-0.1, -0.05) is 146 Å². The molecule has 0 amide bonds. The summed E-state index contributed by atoms with van der Waals surface area (Å²) in [6.07, 6.45) is 12.2. The van der Waals surface area contributed by atoms with E-state index < -0.39 is 0 Å². The lowest BCUT2D eigenvalue weighted by molar-refractivity contribution is 0.588. The number of para-hydroxylation sites is 3. The first-order chi connectivity index (χ1) is 27.4. The van der Waals surface area contributed by atoms with Gasteiger partial charge in [-0.05, 0) is 90.6 Å². The topological polar surface area (TPSA) is 44.4 Å². The Balaban J connectivity index is 1.19. The molecule has 1 N–H and O–H groups in total. The monoisotopic (exact) mass is 724 g/mol. The van der Waals surface area contributed by atoms with Crippen LogP contribution >= 0.6 is 0 Å². The second kappa shape index (κ2) is 14.5. The largest absolute Gasteiger partial charge is 0.334 e. The van der Waals surface area contributed by atoms with E-state index in [-0.39, 0.29) is 11.5 Å². The Bertz CT molecular complexity index is 2710. The van der Waals surface area contributed by atoms with Gasteiger partial charge in [0.2, 0.25) is 0 Å². The summed E-state index contributed by atoms with van der Waals surface area (Å²) >= 11 is 0.